The van der Waals surface area contributed by atoms with Gasteiger partial charge in [0, 0.05) is 5.56 Å². The van der Waals surface area contributed by atoms with Crippen molar-refractivity contribution in [1.82, 2.24) is 9.97 Å². The van der Waals surface area contributed by atoms with Crippen LogP contribution >= 0.6 is 22.6 Å². The Bertz CT molecular complexity index is 640. The van der Waals surface area contributed by atoms with Crippen molar-refractivity contribution < 1.29 is 9.50 Å². The zero-order valence-electron chi connectivity index (χ0n) is 8.79. The Labute approximate surface area is 110 Å². The highest BCUT2D eigenvalue weighted by Gasteiger charge is 2.09. The van der Waals surface area contributed by atoms with Gasteiger partial charge >= 0.3 is 0 Å². The van der Waals surface area contributed by atoms with Crippen molar-refractivity contribution in [3.05, 3.63) is 43.5 Å². The van der Waals surface area contributed by atoms with E-state index in [4.69, 9.17) is 0 Å². The van der Waals surface area contributed by atoms with Gasteiger partial charge in [0.15, 0.2) is 0 Å². The van der Waals surface area contributed by atoms with E-state index in [1.165, 1.54) is 12.1 Å². The first-order chi connectivity index (χ1) is 7.99. The maximum atomic E-state index is 13.1. The van der Waals surface area contributed by atoms with Gasteiger partial charge in [-0.05, 0) is 53.3 Å². The van der Waals surface area contributed by atoms with E-state index in [0.29, 0.717) is 11.1 Å². The number of hydrogen-bond acceptors (Lipinski definition) is 3. The molecule has 0 unspecified atom stereocenters. The summed E-state index contributed by atoms with van der Waals surface area (Å²) < 4.78 is 13.2. The quantitative estimate of drug-likeness (QED) is 0.778. The number of rotatable bonds is 1. The van der Waals surface area contributed by atoms with E-state index < -0.39 is 5.56 Å². The molecule has 17 heavy (non-hydrogen) atoms. The molecule has 2 rings (SSSR count). The predicted octanol–water partition coefficient (Wildman–Crippen LogP) is 2.19. The molecule has 1 aromatic carbocycles. The van der Waals surface area contributed by atoms with E-state index in [2.05, 4.69) is 9.97 Å². The lowest BCUT2D eigenvalue weighted by Crippen LogP contribution is -2.12. The Hall–Kier alpha value is -1.44. The number of nitrogens with one attached hydrogen (secondary N) is 1. The van der Waals surface area contributed by atoms with E-state index in [9.17, 15) is 14.3 Å². The van der Waals surface area contributed by atoms with Gasteiger partial charge in [-0.2, -0.15) is 4.98 Å². The number of nitrogens with zero attached hydrogens (tertiary/aromatic N) is 1. The van der Waals surface area contributed by atoms with E-state index in [-0.39, 0.29) is 21.1 Å². The molecule has 0 aliphatic carbocycles. The second kappa shape index (κ2) is 4.44. The molecule has 0 aliphatic heterocycles. The third-order valence-electron chi connectivity index (χ3n) is 2.28. The molecule has 88 valence electrons. The largest absolute Gasteiger partial charge is 0.492 e. The van der Waals surface area contributed by atoms with Crippen LogP contribution in [-0.4, -0.2) is 15.1 Å². The van der Waals surface area contributed by atoms with Crippen LogP contribution in [0.2, 0.25) is 0 Å². The van der Waals surface area contributed by atoms with Gasteiger partial charge in [-0.3, -0.25) is 4.79 Å². The molecule has 0 bridgehead atoms. The lowest BCUT2D eigenvalue weighted by Gasteiger charge is -2.04. The molecule has 0 radical (unpaired) electrons. The first-order valence-corrected chi connectivity index (χ1v) is 5.82. The highest BCUT2D eigenvalue weighted by molar-refractivity contribution is 14.1. The molecule has 0 saturated carbocycles. The van der Waals surface area contributed by atoms with Gasteiger partial charge in [-0.1, -0.05) is 0 Å². The number of aromatic nitrogens is 2. The minimum Gasteiger partial charge on any atom is -0.492 e. The van der Waals surface area contributed by atoms with Gasteiger partial charge in [0.1, 0.15) is 15.2 Å². The number of hydrogen-bond donors (Lipinski definition) is 2. The molecule has 0 amide bonds. The van der Waals surface area contributed by atoms with Crippen LogP contribution in [-0.2, 0) is 0 Å². The van der Waals surface area contributed by atoms with Crippen LogP contribution in [0, 0.1) is 16.3 Å². The number of H-pyrrole nitrogens is 1. The Balaban J connectivity index is 2.61. The topological polar surface area (TPSA) is 66.0 Å². The zero-order valence-corrected chi connectivity index (χ0v) is 10.9. The smallest absolute Gasteiger partial charge is 0.268 e. The average molecular weight is 346 g/mol. The molecule has 0 atom stereocenters. The molecule has 0 fully saturated rings. The van der Waals surface area contributed by atoms with Crippen molar-refractivity contribution in [2.45, 2.75) is 6.92 Å². The molecular formula is C11H8FIN2O2. The van der Waals surface area contributed by atoms with E-state index in [1.54, 1.807) is 35.6 Å². The monoisotopic (exact) mass is 346 g/mol. The number of aromatic amines is 1. The van der Waals surface area contributed by atoms with Crippen LogP contribution in [0.3, 0.4) is 0 Å². The molecule has 2 aromatic rings. The molecule has 4 nitrogen and oxygen atoms in total. The normalized spacial score (nSPS) is 10.5. The van der Waals surface area contributed by atoms with Crippen molar-refractivity contribution >= 4 is 22.6 Å². The SMILES string of the molecule is Cc1cc(-c2nc(O)c(I)c(=O)[nH]2)ccc1F. The fourth-order valence-electron chi connectivity index (χ4n) is 1.38. The Morgan fingerprint density at radius 1 is 1.47 bits per heavy atom. The molecule has 1 aromatic heterocycles. The van der Waals surface area contributed by atoms with Crippen molar-refractivity contribution in [3.63, 3.8) is 0 Å². The number of benzene rings is 1. The molecule has 1 heterocycles. The van der Waals surface area contributed by atoms with Crippen LogP contribution < -0.4 is 5.56 Å². The number of aryl methyl sites for hydroxylation is 1. The van der Waals surface area contributed by atoms with Crippen LogP contribution in [0.25, 0.3) is 11.4 Å². The minimum atomic E-state index is -0.421. The Morgan fingerprint density at radius 3 is 2.76 bits per heavy atom. The van der Waals surface area contributed by atoms with Crippen LogP contribution in [0.4, 0.5) is 4.39 Å². The average Bonchev–Trinajstić information content (AvgIpc) is 2.29. The van der Waals surface area contributed by atoms with Crippen LogP contribution in [0.15, 0.2) is 23.0 Å². The van der Waals surface area contributed by atoms with Crippen molar-refractivity contribution in [2.75, 3.05) is 0 Å². The van der Waals surface area contributed by atoms with Crippen molar-refractivity contribution in [2.24, 2.45) is 0 Å². The molecule has 0 spiro atoms. The molecule has 0 saturated heterocycles. The molecule has 2 N–H and O–H groups in total. The van der Waals surface area contributed by atoms with E-state index in [1.807, 2.05) is 0 Å². The second-order valence-corrected chi connectivity index (χ2v) is 4.59. The van der Waals surface area contributed by atoms with Crippen LogP contribution in [0.1, 0.15) is 5.56 Å². The van der Waals surface area contributed by atoms with Gasteiger partial charge in [-0.25, -0.2) is 4.39 Å². The maximum Gasteiger partial charge on any atom is 0.268 e. The number of aromatic hydroxyl groups is 1. The summed E-state index contributed by atoms with van der Waals surface area (Å²) in [5.41, 5.74) is 0.575. The summed E-state index contributed by atoms with van der Waals surface area (Å²) in [6.45, 7) is 1.61. The third kappa shape index (κ3) is 2.31. The molecular weight excluding hydrogens is 338 g/mol. The van der Waals surface area contributed by atoms with Crippen molar-refractivity contribution in [3.8, 4) is 17.3 Å². The molecule has 0 aliphatic rings. The summed E-state index contributed by atoms with van der Waals surface area (Å²) in [6.07, 6.45) is 0. The van der Waals surface area contributed by atoms with E-state index >= 15 is 0 Å². The van der Waals surface area contributed by atoms with Gasteiger partial charge in [-0.15, -0.1) is 0 Å². The lowest BCUT2D eigenvalue weighted by molar-refractivity contribution is 0.447. The minimum absolute atomic E-state index is 0.130. The molecule has 6 heteroatoms. The van der Waals surface area contributed by atoms with Gasteiger partial charge < -0.3 is 10.1 Å². The van der Waals surface area contributed by atoms with Crippen molar-refractivity contribution in [1.29, 1.82) is 0 Å². The lowest BCUT2D eigenvalue weighted by atomic mass is 10.1. The van der Waals surface area contributed by atoms with Gasteiger partial charge in [0.25, 0.3) is 5.56 Å². The maximum absolute atomic E-state index is 13.1. The Morgan fingerprint density at radius 2 is 2.18 bits per heavy atom. The van der Waals surface area contributed by atoms with Gasteiger partial charge in [0.2, 0.25) is 5.88 Å². The standard InChI is InChI=1S/C11H8FIN2O2/c1-5-4-6(2-3-7(5)12)9-14-10(16)8(13)11(17)15-9/h2-4H,1H3,(H2,14,15,16,17). The van der Waals surface area contributed by atoms with E-state index in [0.717, 1.165) is 0 Å². The Kier molecular flexibility index (Phi) is 3.14. The summed E-state index contributed by atoms with van der Waals surface area (Å²) in [5.74, 6) is -0.437. The van der Waals surface area contributed by atoms with Crippen LogP contribution in [0.5, 0.6) is 5.88 Å². The third-order valence-corrected chi connectivity index (χ3v) is 3.25. The first kappa shape index (κ1) is 12.0. The fraction of sp³-hybridized carbons (Fsp3) is 0.0909. The summed E-state index contributed by atoms with van der Waals surface area (Å²) in [5, 5.41) is 9.45. The summed E-state index contributed by atoms with van der Waals surface area (Å²) in [6, 6.07) is 4.34. The predicted molar refractivity (Wildman–Crippen MR) is 69.4 cm³/mol. The first-order valence-electron chi connectivity index (χ1n) is 4.74. The summed E-state index contributed by atoms with van der Waals surface area (Å²) in [4.78, 5) is 17.8. The van der Waals surface area contributed by atoms with Gasteiger partial charge in [0.05, 0.1) is 0 Å². The zero-order chi connectivity index (χ0) is 12.6. The highest BCUT2D eigenvalue weighted by atomic mass is 127. The number of halogens is 2. The highest BCUT2D eigenvalue weighted by Crippen LogP contribution is 2.20. The second-order valence-electron chi connectivity index (χ2n) is 3.52. The fourth-order valence-corrected chi connectivity index (χ4v) is 1.63. The summed E-state index contributed by atoms with van der Waals surface area (Å²) in [7, 11) is 0. The summed E-state index contributed by atoms with van der Waals surface area (Å²) >= 11 is 1.70.